The molecule has 0 saturated heterocycles. The fourth-order valence-electron chi connectivity index (χ4n) is 4.32. The summed E-state index contributed by atoms with van der Waals surface area (Å²) in [6, 6.07) is 10.9. The molecule has 0 spiro atoms. The highest BCUT2D eigenvalue weighted by Gasteiger charge is 2.31. The van der Waals surface area contributed by atoms with Crippen molar-refractivity contribution >= 4 is 40.2 Å². The molecule has 1 aromatic heterocycles. The third-order valence-electron chi connectivity index (χ3n) is 5.55. The molecule has 0 bridgehead atoms. The first-order chi connectivity index (χ1) is 13.8. The third kappa shape index (κ3) is 3.90. The summed E-state index contributed by atoms with van der Waals surface area (Å²) in [6.45, 7) is 4.91. The smallest absolute Gasteiger partial charge is 0.304 e. The molecule has 152 valence electrons. The zero-order valence-electron chi connectivity index (χ0n) is 16.4. The Balaban J connectivity index is 1.99. The fraction of sp³-hybridized carbons (Fsp3) is 0.348. The van der Waals surface area contributed by atoms with Gasteiger partial charge in [-0.2, -0.15) is 0 Å². The number of aryl methyl sites for hydroxylation is 1. The van der Waals surface area contributed by atoms with Gasteiger partial charge in [0.05, 0.1) is 11.9 Å². The molecule has 3 aromatic rings. The first-order valence-electron chi connectivity index (χ1n) is 9.86. The van der Waals surface area contributed by atoms with Crippen LogP contribution in [0.4, 0.5) is 4.39 Å². The minimum Gasteiger partial charge on any atom is -0.481 e. The van der Waals surface area contributed by atoms with E-state index in [1.807, 2.05) is 24.3 Å². The third-order valence-corrected chi connectivity index (χ3v) is 6.93. The first-order valence-corrected chi connectivity index (χ1v) is 11.1. The molecule has 1 aliphatic rings. The van der Waals surface area contributed by atoms with Crippen LogP contribution in [0.2, 0.25) is 5.02 Å². The lowest BCUT2D eigenvalue weighted by atomic mass is 9.92. The second kappa shape index (κ2) is 8.04. The highest BCUT2D eigenvalue weighted by molar-refractivity contribution is 7.99. The number of nitrogens with zero attached hydrogens (tertiary/aromatic N) is 1. The van der Waals surface area contributed by atoms with Gasteiger partial charge in [0.25, 0.3) is 0 Å². The van der Waals surface area contributed by atoms with Gasteiger partial charge in [-0.3, -0.25) is 4.79 Å². The van der Waals surface area contributed by atoms with Crippen molar-refractivity contribution in [3.05, 3.63) is 58.5 Å². The van der Waals surface area contributed by atoms with E-state index in [0.717, 1.165) is 51.3 Å². The number of carboxylic acid groups (broad SMARTS) is 1. The summed E-state index contributed by atoms with van der Waals surface area (Å²) in [6.07, 6.45) is 1.81. The van der Waals surface area contributed by atoms with Crippen molar-refractivity contribution in [1.82, 2.24) is 4.57 Å². The van der Waals surface area contributed by atoms with E-state index < -0.39 is 5.97 Å². The van der Waals surface area contributed by atoms with Crippen molar-refractivity contribution in [3.63, 3.8) is 0 Å². The highest BCUT2D eigenvalue weighted by Crippen LogP contribution is 2.48. The van der Waals surface area contributed by atoms with E-state index in [2.05, 4.69) is 18.4 Å². The van der Waals surface area contributed by atoms with E-state index in [1.165, 1.54) is 0 Å². The minimum atomic E-state index is -0.800. The summed E-state index contributed by atoms with van der Waals surface area (Å²) >= 11 is 7.67. The Hall–Kier alpha value is -1.98. The number of carboxylic acids is 1. The zero-order valence-corrected chi connectivity index (χ0v) is 18.0. The maximum atomic E-state index is 14.5. The van der Waals surface area contributed by atoms with Crippen LogP contribution < -0.4 is 0 Å². The summed E-state index contributed by atoms with van der Waals surface area (Å²) < 4.78 is 16.6. The summed E-state index contributed by atoms with van der Waals surface area (Å²) in [5.74, 6) is -0.969. The van der Waals surface area contributed by atoms with Gasteiger partial charge < -0.3 is 9.67 Å². The number of hydrogen-bond acceptors (Lipinski definition) is 2. The number of carbonyl (C=O) groups is 1. The summed E-state index contributed by atoms with van der Waals surface area (Å²) in [5.41, 5.74) is 2.86. The van der Waals surface area contributed by atoms with Crippen LogP contribution in [-0.4, -0.2) is 15.6 Å². The molecule has 29 heavy (non-hydrogen) atoms. The van der Waals surface area contributed by atoms with Crippen LogP contribution in [0.3, 0.4) is 0 Å². The number of fused-ring (bicyclic) bond motifs is 3. The molecule has 3 nitrogen and oxygen atoms in total. The topological polar surface area (TPSA) is 42.2 Å². The molecule has 1 N–H and O–H groups in total. The van der Waals surface area contributed by atoms with Crippen LogP contribution in [0.15, 0.2) is 46.2 Å². The van der Waals surface area contributed by atoms with Crippen molar-refractivity contribution in [2.75, 3.05) is 0 Å². The molecular weight excluding hydrogens is 409 g/mol. The standard InChI is InChI=1S/C23H23ClFNO2S/c1-13(2)18-11-16(25)12-19-21(18)23(29-17-7-5-15(24)6-8-17)22-14(10-20(27)28)4-3-9-26(19)22/h5-8,11-14H,3-4,9-10H2,1-2H3,(H,27,28)/t14-/m1/s1. The SMILES string of the molecule is CC(C)c1cc(F)cc2c1c(Sc1ccc(Cl)cc1)c1n2CCC[C@@H]1CC(=O)O. The van der Waals surface area contributed by atoms with Crippen LogP contribution in [0.1, 0.15) is 56.2 Å². The van der Waals surface area contributed by atoms with Gasteiger partial charge in [0.15, 0.2) is 0 Å². The maximum absolute atomic E-state index is 14.5. The van der Waals surface area contributed by atoms with Gasteiger partial charge in [-0.15, -0.1) is 0 Å². The van der Waals surface area contributed by atoms with Gasteiger partial charge in [0, 0.05) is 38.4 Å². The van der Waals surface area contributed by atoms with E-state index in [4.69, 9.17) is 11.6 Å². The summed E-state index contributed by atoms with van der Waals surface area (Å²) in [4.78, 5) is 13.6. The molecule has 1 aliphatic heterocycles. The normalized spacial score (nSPS) is 16.4. The van der Waals surface area contributed by atoms with Crippen molar-refractivity contribution in [3.8, 4) is 0 Å². The number of benzene rings is 2. The number of aromatic nitrogens is 1. The minimum absolute atomic E-state index is 0.0773. The molecule has 4 rings (SSSR count). The van der Waals surface area contributed by atoms with E-state index in [9.17, 15) is 14.3 Å². The van der Waals surface area contributed by atoms with Gasteiger partial charge in [-0.25, -0.2) is 4.39 Å². The van der Waals surface area contributed by atoms with E-state index >= 15 is 0 Å². The number of aliphatic carboxylic acids is 1. The average molecular weight is 432 g/mol. The van der Waals surface area contributed by atoms with Crippen LogP contribution >= 0.6 is 23.4 Å². The summed E-state index contributed by atoms with van der Waals surface area (Å²) in [7, 11) is 0. The van der Waals surface area contributed by atoms with Crippen molar-refractivity contribution in [2.24, 2.45) is 0 Å². The molecule has 1 atom stereocenters. The monoisotopic (exact) mass is 431 g/mol. The fourth-order valence-corrected chi connectivity index (χ4v) is 5.66. The predicted octanol–water partition coefficient (Wildman–Crippen LogP) is 7.06. The zero-order chi connectivity index (χ0) is 20.7. The first kappa shape index (κ1) is 20.3. The molecule has 0 radical (unpaired) electrons. The lowest BCUT2D eigenvalue weighted by molar-refractivity contribution is -0.137. The Morgan fingerprint density at radius 2 is 2.03 bits per heavy atom. The van der Waals surface area contributed by atoms with Gasteiger partial charge in [0.2, 0.25) is 0 Å². The van der Waals surface area contributed by atoms with E-state index in [0.29, 0.717) is 5.02 Å². The lowest BCUT2D eigenvalue weighted by Gasteiger charge is -2.25. The highest BCUT2D eigenvalue weighted by atomic mass is 35.5. The van der Waals surface area contributed by atoms with E-state index in [-0.39, 0.29) is 24.1 Å². The summed E-state index contributed by atoms with van der Waals surface area (Å²) in [5, 5.41) is 11.2. The van der Waals surface area contributed by atoms with Crippen LogP contribution in [-0.2, 0) is 11.3 Å². The molecule has 0 amide bonds. The predicted molar refractivity (Wildman–Crippen MR) is 116 cm³/mol. The number of hydrogen-bond donors (Lipinski definition) is 1. The average Bonchev–Trinajstić information content (AvgIpc) is 2.97. The van der Waals surface area contributed by atoms with E-state index in [1.54, 1.807) is 23.9 Å². The number of rotatable bonds is 5. The molecule has 0 aliphatic carbocycles. The van der Waals surface area contributed by atoms with Crippen molar-refractivity contribution in [2.45, 2.75) is 61.3 Å². The van der Waals surface area contributed by atoms with Gasteiger partial charge in [0.1, 0.15) is 5.82 Å². The molecular formula is C23H23ClFNO2S. The van der Waals surface area contributed by atoms with Crippen LogP contribution in [0.5, 0.6) is 0 Å². The molecule has 0 fully saturated rings. The largest absolute Gasteiger partial charge is 0.481 e. The molecule has 2 heterocycles. The molecule has 2 aromatic carbocycles. The number of halogens is 2. The lowest BCUT2D eigenvalue weighted by Crippen LogP contribution is -2.18. The Kier molecular flexibility index (Phi) is 5.63. The van der Waals surface area contributed by atoms with Crippen molar-refractivity contribution in [1.29, 1.82) is 0 Å². The Morgan fingerprint density at radius 1 is 1.31 bits per heavy atom. The van der Waals surface area contributed by atoms with Gasteiger partial charge in [-0.05, 0) is 60.7 Å². The second-order valence-corrected chi connectivity index (χ2v) is 9.42. The van der Waals surface area contributed by atoms with Gasteiger partial charge in [-0.1, -0.05) is 37.2 Å². The molecule has 0 saturated carbocycles. The maximum Gasteiger partial charge on any atom is 0.304 e. The van der Waals surface area contributed by atoms with Crippen molar-refractivity contribution < 1.29 is 14.3 Å². The van der Waals surface area contributed by atoms with Crippen LogP contribution in [0, 0.1) is 5.82 Å². The Bertz CT molecular complexity index is 1070. The Morgan fingerprint density at radius 3 is 2.69 bits per heavy atom. The van der Waals surface area contributed by atoms with Gasteiger partial charge >= 0.3 is 5.97 Å². The second-order valence-electron chi connectivity index (χ2n) is 7.90. The van der Waals surface area contributed by atoms with Crippen LogP contribution in [0.25, 0.3) is 10.9 Å². The quantitative estimate of drug-likeness (QED) is 0.470. The molecule has 6 heteroatoms. The molecule has 0 unspecified atom stereocenters. The Labute approximate surface area is 178 Å².